The minimum Gasteiger partial charge on any atom is -0.378 e. The molecule has 0 aliphatic rings. The Hall–Kier alpha value is -2.98. The van der Waals surface area contributed by atoms with Gasteiger partial charge in [-0.2, -0.15) is 0 Å². The van der Waals surface area contributed by atoms with Crippen molar-refractivity contribution < 1.29 is 9.90 Å². The summed E-state index contributed by atoms with van der Waals surface area (Å²) in [6.45, 7) is 0. The van der Waals surface area contributed by atoms with Crippen molar-refractivity contribution in [3.63, 3.8) is 0 Å². The first-order chi connectivity index (χ1) is 11.8. The van der Waals surface area contributed by atoms with Crippen molar-refractivity contribution in [1.82, 2.24) is 10.3 Å². The monoisotopic (exact) mass is 318 g/mol. The van der Waals surface area contributed by atoms with E-state index >= 15 is 0 Å². The van der Waals surface area contributed by atoms with Crippen molar-refractivity contribution >= 4 is 5.91 Å². The molecule has 0 spiro atoms. The minimum atomic E-state index is -1.26. The van der Waals surface area contributed by atoms with Gasteiger partial charge in [0.2, 0.25) is 0 Å². The van der Waals surface area contributed by atoms with Crippen molar-refractivity contribution in [1.29, 1.82) is 0 Å². The average molecular weight is 318 g/mol. The molecule has 3 aromatic rings. The number of pyridine rings is 1. The van der Waals surface area contributed by atoms with Crippen LogP contribution >= 0.6 is 0 Å². The number of aromatic nitrogens is 1. The lowest BCUT2D eigenvalue weighted by molar-refractivity contribution is -0.130. The van der Waals surface area contributed by atoms with E-state index in [4.69, 9.17) is 0 Å². The van der Waals surface area contributed by atoms with Gasteiger partial charge in [0.15, 0.2) is 6.10 Å². The van der Waals surface area contributed by atoms with Crippen LogP contribution in [0.1, 0.15) is 28.8 Å². The second-order valence-electron chi connectivity index (χ2n) is 5.45. The van der Waals surface area contributed by atoms with Crippen molar-refractivity contribution in [2.24, 2.45) is 0 Å². The second-order valence-corrected chi connectivity index (χ2v) is 5.45. The summed E-state index contributed by atoms with van der Waals surface area (Å²) in [6.07, 6.45) is 1.84. The molecule has 1 aromatic heterocycles. The first-order valence-corrected chi connectivity index (χ1v) is 7.74. The highest BCUT2D eigenvalue weighted by molar-refractivity contribution is 5.82. The Morgan fingerprint density at radius 2 is 1.38 bits per heavy atom. The van der Waals surface area contributed by atoms with Gasteiger partial charge in [0.25, 0.3) is 5.91 Å². The molecule has 1 amide bonds. The van der Waals surface area contributed by atoms with Gasteiger partial charge in [0.05, 0.1) is 6.04 Å². The number of nitrogens with zero attached hydrogens (tertiary/aromatic N) is 1. The molecule has 0 aliphatic carbocycles. The maximum atomic E-state index is 12.5. The molecule has 0 saturated carbocycles. The van der Waals surface area contributed by atoms with Gasteiger partial charge in [0, 0.05) is 18.0 Å². The summed E-state index contributed by atoms with van der Waals surface area (Å²) < 4.78 is 0. The average Bonchev–Trinajstić information content (AvgIpc) is 2.67. The SMILES string of the molecule is O=C(NC(c1ccccc1)c1ccccc1)C(O)c1cccnc1. The third kappa shape index (κ3) is 3.67. The van der Waals surface area contributed by atoms with Crippen LogP contribution in [0.5, 0.6) is 0 Å². The molecule has 24 heavy (non-hydrogen) atoms. The molecule has 120 valence electrons. The van der Waals surface area contributed by atoms with Gasteiger partial charge in [0.1, 0.15) is 0 Å². The Labute approximate surface area is 140 Å². The van der Waals surface area contributed by atoms with E-state index in [0.717, 1.165) is 11.1 Å². The number of rotatable bonds is 5. The summed E-state index contributed by atoms with van der Waals surface area (Å²) >= 11 is 0. The second kappa shape index (κ2) is 7.53. The first kappa shape index (κ1) is 15.9. The summed E-state index contributed by atoms with van der Waals surface area (Å²) in [5.74, 6) is -0.458. The van der Waals surface area contributed by atoms with Crippen LogP contribution in [0.3, 0.4) is 0 Å². The lowest BCUT2D eigenvalue weighted by Gasteiger charge is -2.21. The lowest BCUT2D eigenvalue weighted by atomic mass is 9.98. The van der Waals surface area contributed by atoms with Crippen molar-refractivity contribution in [3.05, 3.63) is 102 Å². The van der Waals surface area contributed by atoms with Crippen LogP contribution in [-0.2, 0) is 4.79 Å². The summed E-state index contributed by atoms with van der Waals surface area (Å²) in [5.41, 5.74) is 2.38. The first-order valence-electron chi connectivity index (χ1n) is 7.74. The number of amides is 1. The number of nitrogens with one attached hydrogen (secondary N) is 1. The smallest absolute Gasteiger partial charge is 0.254 e. The minimum absolute atomic E-state index is 0.328. The number of aliphatic hydroxyl groups excluding tert-OH is 1. The van der Waals surface area contributed by atoms with E-state index in [-0.39, 0.29) is 6.04 Å². The maximum absolute atomic E-state index is 12.5. The molecule has 1 heterocycles. The molecule has 4 nitrogen and oxygen atoms in total. The van der Waals surface area contributed by atoms with E-state index in [1.807, 2.05) is 60.7 Å². The number of aliphatic hydroxyl groups is 1. The Bertz CT molecular complexity index is 737. The molecule has 0 radical (unpaired) electrons. The van der Waals surface area contributed by atoms with E-state index in [1.54, 1.807) is 18.3 Å². The topological polar surface area (TPSA) is 62.2 Å². The van der Waals surface area contributed by atoms with Crippen LogP contribution in [0.15, 0.2) is 85.2 Å². The zero-order chi connectivity index (χ0) is 16.8. The molecule has 0 aliphatic heterocycles. The summed E-state index contributed by atoms with van der Waals surface area (Å²) in [6, 6.07) is 22.4. The largest absolute Gasteiger partial charge is 0.378 e. The maximum Gasteiger partial charge on any atom is 0.254 e. The molecular formula is C20H18N2O2. The van der Waals surface area contributed by atoms with Crippen LogP contribution in [0.2, 0.25) is 0 Å². The van der Waals surface area contributed by atoms with Crippen LogP contribution in [0.4, 0.5) is 0 Å². The third-order valence-electron chi connectivity index (χ3n) is 3.80. The fourth-order valence-corrected chi connectivity index (χ4v) is 2.56. The van der Waals surface area contributed by atoms with Crippen LogP contribution in [-0.4, -0.2) is 16.0 Å². The van der Waals surface area contributed by atoms with Crippen LogP contribution in [0.25, 0.3) is 0 Å². The Kier molecular flexibility index (Phi) is 4.99. The van der Waals surface area contributed by atoms with E-state index in [0.29, 0.717) is 5.56 Å². The Balaban J connectivity index is 1.86. The number of hydrogen-bond acceptors (Lipinski definition) is 3. The Morgan fingerprint density at radius 3 is 1.88 bits per heavy atom. The van der Waals surface area contributed by atoms with Gasteiger partial charge in [-0.15, -0.1) is 0 Å². The number of hydrogen-bond donors (Lipinski definition) is 2. The molecule has 0 saturated heterocycles. The fourth-order valence-electron chi connectivity index (χ4n) is 2.56. The molecule has 3 rings (SSSR count). The Morgan fingerprint density at radius 1 is 0.833 bits per heavy atom. The van der Waals surface area contributed by atoms with Crippen molar-refractivity contribution in [2.45, 2.75) is 12.1 Å². The molecule has 2 N–H and O–H groups in total. The molecule has 4 heteroatoms. The zero-order valence-electron chi connectivity index (χ0n) is 13.0. The van der Waals surface area contributed by atoms with E-state index in [9.17, 15) is 9.90 Å². The van der Waals surface area contributed by atoms with Crippen LogP contribution < -0.4 is 5.32 Å². The van der Waals surface area contributed by atoms with Crippen LogP contribution in [0, 0.1) is 0 Å². The number of benzene rings is 2. The lowest BCUT2D eigenvalue weighted by Crippen LogP contribution is -2.33. The van der Waals surface area contributed by atoms with Gasteiger partial charge in [-0.25, -0.2) is 0 Å². The zero-order valence-corrected chi connectivity index (χ0v) is 13.0. The highest BCUT2D eigenvalue weighted by atomic mass is 16.3. The fraction of sp³-hybridized carbons (Fsp3) is 0.100. The highest BCUT2D eigenvalue weighted by Gasteiger charge is 2.22. The third-order valence-corrected chi connectivity index (χ3v) is 3.80. The van der Waals surface area contributed by atoms with E-state index in [2.05, 4.69) is 10.3 Å². The number of carbonyl (C=O) groups is 1. The molecular weight excluding hydrogens is 300 g/mol. The van der Waals surface area contributed by atoms with Gasteiger partial charge in [-0.05, 0) is 17.2 Å². The van der Waals surface area contributed by atoms with Gasteiger partial charge < -0.3 is 10.4 Å². The summed E-state index contributed by atoms with van der Waals surface area (Å²) in [5, 5.41) is 13.2. The van der Waals surface area contributed by atoms with Gasteiger partial charge in [-0.3, -0.25) is 9.78 Å². The predicted octanol–water partition coefficient (Wildman–Crippen LogP) is 3.02. The number of carbonyl (C=O) groups excluding carboxylic acids is 1. The molecule has 2 aromatic carbocycles. The van der Waals surface area contributed by atoms with E-state index < -0.39 is 12.0 Å². The normalized spacial score (nSPS) is 11.9. The molecule has 0 bridgehead atoms. The molecule has 0 fully saturated rings. The predicted molar refractivity (Wildman–Crippen MR) is 92.1 cm³/mol. The quantitative estimate of drug-likeness (QED) is 0.760. The molecule has 1 unspecified atom stereocenters. The highest BCUT2D eigenvalue weighted by Crippen LogP contribution is 2.23. The standard InChI is InChI=1S/C20H18N2O2/c23-19(17-12-7-13-21-14-17)20(24)22-18(15-8-3-1-4-9-15)16-10-5-2-6-11-16/h1-14,18-19,23H,(H,22,24). The van der Waals surface area contributed by atoms with Crippen molar-refractivity contribution in [3.8, 4) is 0 Å². The van der Waals surface area contributed by atoms with Gasteiger partial charge >= 0.3 is 0 Å². The molecule has 1 atom stereocenters. The summed E-state index contributed by atoms with van der Waals surface area (Å²) in [4.78, 5) is 16.5. The van der Waals surface area contributed by atoms with Gasteiger partial charge in [-0.1, -0.05) is 66.7 Å². The van der Waals surface area contributed by atoms with Crippen molar-refractivity contribution in [2.75, 3.05) is 0 Å². The van der Waals surface area contributed by atoms with E-state index in [1.165, 1.54) is 6.20 Å². The summed E-state index contributed by atoms with van der Waals surface area (Å²) in [7, 11) is 0.